The summed E-state index contributed by atoms with van der Waals surface area (Å²) in [5, 5.41) is 0. The summed E-state index contributed by atoms with van der Waals surface area (Å²) >= 11 is 16.7. The lowest BCUT2D eigenvalue weighted by atomic mass is 10.2. The third-order valence-corrected chi connectivity index (χ3v) is 4.33. The molecule has 4 heteroatoms. The molecule has 0 N–H and O–H groups in total. The monoisotopic (exact) mass is 270 g/mol. The van der Waals surface area contributed by atoms with Gasteiger partial charge < -0.3 is 0 Å². The van der Waals surface area contributed by atoms with Crippen molar-refractivity contribution >= 4 is 50.5 Å². The van der Waals surface area contributed by atoms with Crippen molar-refractivity contribution in [3.8, 4) is 0 Å². The second-order valence-electron chi connectivity index (χ2n) is 2.64. The minimum atomic E-state index is 0.603. The average molecular weight is 272 g/mol. The Labute approximate surface area is 87.6 Å². The Kier molecular flexibility index (Phi) is 2.21. The lowest BCUT2D eigenvalue weighted by molar-refractivity contribution is 1.16. The van der Waals surface area contributed by atoms with Gasteiger partial charge in [0.05, 0.1) is 8.67 Å². The van der Waals surface area contributed by atoms with Crippen LogP contribution in [0.5, 0.6) is 0 Å². The van der Waals surface area contributed by atoms with Crippen LogP contribution in [0.1, 0.15) is 17.9 Å². The van der Waals surface area contributed by atoms with E-state index in [1.54, 1.807) is 0 Å². The maximum Gasteiger partial charge on any atom is 0.0979 e. The molecule has 0 aliphatic heterocycles. The lowest BCUT2D eigenvalue weighted by Crippen LogP contribution is -1.75. The van der Waals surface area contributed by atoms with Gasteiger partial charge in [-0.3, -0.25) is 0 Å². The predicted octanol–water partition coefficient (Wildman–Crippen LogP) is 4.31. The van der Waals surface area contributed by atoms with E-state index in [0.29, 0.717) is 10.7 Å². The summed E-state index contributed by atoms with van der Waals surface area (Å²) < 4.78 is 1.64. The first-order valence-electron chi connectivity index (χ1n) is 3.27. The van der Waals surface area contributed by atoms with Crippen LogP contribution < -0.4 is 0 Å². The van der Waals surface area contributed by atoms with Crippen LogP contribution in [0.3, 0.4) is 0 Å². The highest BCUT2D eigenvalue weighted by molar-refractivity contribution is 9.09. The highest BCUT2D eigenvalue weighted by Gasteiger charge is 2.38. The summed E-state index contributed by atoms with van der Waals surface area (Å²) in [6.45, 7) is 0. The lowest BCUT2D eigenvalue weighted by Gasteiger charge is -1.90. The van der Waals surface area contributed by atoms with E-state index in [0.717, 1.165) is 8.67 Å². The Morgan fingerprint density at radius 3 is 2.55 bits per heavy atom. The van der Waals surface area contributed by atoms with E-state index in [9.17, 15) is 0 Å². The van der Waals surface area contributed by atoms with Crippen LogP contribution in [0, 0.1) is 0 Å². The number of thiophene rings is 1. The van der Waals surface area contributed by atoms with Crippen molar-refractivity contribution < 1.29 is 0 Å². The number of hydrogen-bond donors (Lipinski definition) is 0. The summed E-state index contributed by atoms with van der Waals surface area (Å²) in [5.41, 5.74) is 1.21. The van der Waals surface area contributed by atoms with Gasteiger partial charge in [0.25, 0.3) is 0 Å². The molecular weight excluding hydrogens is 267 g/mol. The molecule has 2 unspecified atom stereocenters. The minimum Gasteiger partial charge on any atom is -0.111 e. The molecule has 1 saturated carbocycles. The van der Waals surface area contributed by atoms with Gasteiger partial charge in [0, 0.05) is 4.83 Å². The van der Waals surface area contributed by atoms with Crippen molar-refractivity contribution in [3.05, 3.63) is 20.3 Å². The average Bonchev–Trinajstić information content (AvgIpc) is 2.52. The van der Waals surface area contributed by atoms with E-state index >= 15 is 0 Å². The van der Waals surface area contributed by atoms with Crippen molar-refractivity contribution in [1.29, 1.82) is 0 Å². The zero-order valence-corrected chi connectivity index (χ0v) is 9.40. The molecule has 11 heavy (non-hydrogen) atoms. The molecule has 0 saturated heterocycles. The highest BCUT2D eigenvalue weighted by Crippen LogP contribution is 2.51. The number of hydrogen-bond acceptors (Lipinski definition) is 1. The summed E-state index contributed by atoms with van der Waals surface area (Å²) in [6, 6.07) is 1.97. The van der Waals surface area contributed by atoms with Crippen molar-refractivity contribution in [2.75, 3.05) is 0 Å². The third-order valence-electron chi connectivity index (χ3n) is 1.80. The zero-order valence-electron chi connectivity index (χ0n) is 5.48. The Bertz CT molecular complexity index is 284. The van der Waals surface area contributed by atoms with E-state index in [2.05, 4.69) is 15.9 Å². The molecule has 0 amide bonds. The van der Waals surface area contributed by atoms with Crippen molar-refractivity contribution in [3.63, 3.8) is 0 Å². The number of alkyl halides is 1. The predicted molar refractivity (Wildman–Crippen MR) is 54.4 cm³/mol. The molecule has 1 aromatic heterocycles. The van der Waals surface area contributed by atoms with Gasteiger partial charge in [-0.05, 0) is 24.0 Å². The fourth-order valence-electron chi connectivity index (χ4n) is 1.09. The van der Waals surface area contributed by atoms with E-state index < -0.39 is 0 Å². The topological polar surface area (TPSA) is 0 Å². The number of rotatable bonds is 1. The molecule has 2 rings (SSSR count). The third kappa shape index (κ3) is 1.59. The second-order valence-corrected chi connectivity index (χ2v) is 6.10. The summed E-state index contributed by atoms with van der Waals surface area (Å²) in [7, 11) is 0. The van der Waals surface area contributed by atoms with Gasteiger partial charge in [0.1, 0.15) is 0 Å². The quantitative estimate of drug-likeness (QED) is 0.668. The minimum absolute atomic E-state index is 0.603. The number of halogens is 3. The van der Waals surface area contributed by atoms with Gasteiger partial charge in [-0.1, -0.05) is 39.1 Å². The molecule has 0 aromatic carbocycles. The van der Waals surface area contributed by atoms with Crippen LogP contribution in [-0.2, 0) is 0 Å². The molecule has 0 nitrogen and oxygen atoms in total. The van der Waals surface area contributed by atoms with E-state index in [1.807, 2.05) is 6.07 Å². The molecule has 60 valence electrons. The van der Waals surface area contributed by atoms with Crippen LogP contribution >= 0.6 is 50.5 Å². The second kappa shape index (κ2) is 2.91. The molecule has 0 bridgehead atoms. The summed E-state index contributed by atoms with van der Waals surface area (Å²) in [4.78, 5) is 0.616. The van der Waals surface area contributed by atoms with E-state index in [1.165, 1.54) is 23.3 Å². The van der Waals surface area contributed by atoms with Crippen molar-refractivity contribution in [2.24, 2.45) is 0 Å². The Hall–Kier alpha value is 0.760. The smallest absolute Gasteiger partial charge is 0.0979 e. The molecule has 0 spiro atoms. The molecule has 0 radical (unpaired) electrons. The maximum absolute atomic E-state index is 5.96. The fourth-order valence-corrected chi connectivity index (χ4v) is 3.38. The van der Waals surface area contributed by atoms with Crippen molar-refractivity contribution in [1.82, 2.24) is 0 Å². The molecule has 1 heterocycles. The van der Waals surface area contributed by atoms with Gasteiger partial charge in [-0.15, -0.1) is 11.3 Å². The van der Waals surface area contributed by atoms with Crippen molar-refractivity contribution in [2.45, 2.75) is 17.2 Å². The molecular formula is C7H5BrCl2S. The van der Waals surface area contributed by atoms with Gasteiger partial charge in [-0.2, -0.15) is 0 Å². The fraction of sp³-hybridized carbons (Fsp3) is 0.429. The first kappa shape index (κ1) is 8.36. The highest BCUT2D eigenvalue weighted by atomic mass is 79.9. The molecule has 1 fully saturated rings. The SMILES string of the molecule is Clc1cc(C2CC2Br)c(Cl)s1. The Morgan fingerprint density at radius 1 is 1.55 bits per heavy atom. The summed E-state index contributed by atoms with van der Waals surface area (Å²) in [6.07, 6.45) is 1.19. The van der Waals surface area contributed by atoms with Gasteiger partial charge in [-0.25, -0.2) is 0 Å². The van der Waals surface area contributed by atoms with Crippen LogP contribution in [0.2, 0.25) is 8.67 Å². The Morgan fingerprint density at radius 2 is 2.18 bits per heavy atom. The van der Waals surface area contributed by atoms with Crippen LogP contribution in [-0.4, -0.2) is 4.83 Å². The van der Waals surface area contributed by atoms with E-state index in [-0.39, 0.29) is 0 Å². The van der Waals surface area contributed by atoms with Gasteiger partial charge in [0.2, 0.25) is 0 Å². The molecule has 1 aliphatic carbocycles. The Balaban J connectivity index is 2.30. The summed E-state index contributed by atoms with van der Waals surface area (Å²) in [5.74, 6) is 0.603. The molecule has 1 aromatic rings. The van der Waals surface area contributed by atoms with Gasteiger partial charge >= 0.3 is 0 Å². The zero-order chi connectivity index (χ0) is 8.01. The maximum atomic E-state index is 5.96. The largest absolute Gasteiger partial charge is 0.111 e. The van der Waals surface area contributed by atoms with E-state index in [4.69, 9.17) is 23.2 Å². The van der Waals surface area contributed by atoms with Crippen LogP contribution in [0.25, 0.3) is 0 Å². The standard InChI is InChI=1S/C7H5BrCl2S/c8-5-1-3(5)4-2-6(9)11-7(4)10/h2-3,5H,1H2. The molecule has 1 aliphatic rings. The van der Waals surface area contributed by atoms with Crippen LogP contribution in [0.4, 0.5) is 0 Å². The normalized spacial score (nSPS) is 29.0. The van der Waals surface area contributed by atoms with Gasteiger partial charge in [0.15, 0.2) is 0 Å². The molecule has 2 atom stereocenters. The first-order chi connectivity index (χ1) is 5.18. The first-order valence-corrected chi connectivity index (χ1v) is 5.76. The van der Waals surface area contributed by atoms with Crippen LogP contribution in [0.15, 0.2) is 6.07 Å².